The molecule has 0 aromatic heterocycles. The highest BCUT2D eigenvalue weighted by atomic mass is 19.3. The molecule has 0 heterocycles. The second-order valence-corrected chi connectivity index (χ2v) is 1.85. The minimum absolute atomic E-state index is 0.984. The van der Waals surface area contributed by atoms with Gasteiger partial charge in [0.2, 0.25) is 0 Å². The molecule has 0 aliphatic heterocycles. The summed E-state index contributed by atoms with van der Waals surface area (Å²) in [4.78, 5) is 0. The number of alkyl halides is 2. The zero-order valence-corrected chi connectivity index (χ0v) is 5.51. The fraction of sp³-hybridized carbons (Fsp3) is 0.500. The summed E-state index contributed by atoms with van der Waals surface area (Å²) in [6, 6.07) is 1.32. The van der Waals surface area contributed by atoms with Crippen LogP contribution in [0.25, 0.3) is 0 Å². The Kier molecular flexibility index (Phi) is 2.97. The summed E-state index contributed by atoms with van der Waals surface area (Å²) in [6.07, 6.45) is -0.527. The van der Waals surface area contributed by atoms with Crippen molar-refractivity contribution in [3.63, 3.8) is 0 Å². The highest BCUT2D eigenvalue weighted by molar-refractivity contribution is 5.19. The lowest BCUT2D eigenvalue weighted by Gasteiger charge is -2.14. The maximum Gasteiger partial charge on any atom is 0.273 e. The number of hydrogen-bond acceptors (Lipinski definition) is 2. The predicted molar refractivity (Wildman–Crippen MR) is 33.3 cm³/mol. The summed E-state index contributed by atoms with van der Waals surface area (Å²) >= 11 is 0. The molecule has 0 rings (SSSR count). The van der Waals surface area contributed by atoms with Crippen LogP contribution < -0.4 is 5.73 Å². The van der Waals surface area contributed by atoms with Crippen LogP contribution in [0.2, 0.25) is 0 Å². The minimum atomic E-state index is -2.84. The Morgan fingerprint density at radius 3 is 2.30 bits per heavy atom. The number of halogens is 2. The lowest BCUT2D eigenvalue weighted by Crippen LogP contribution is -2.43. The van der Waals surface area contributed by atoms with Crippen LogP contribution in [0.15, 0.2) is 12.2 Å². The first-order valence-electron chi connectivity index (χ1n) is 2.69. The molecule has 0 bridgehead atoms. The van der Waals surface area contributed by atoms with Crippen molar-refractivity contribution in [2.24, 2.45) is 5.73 Å². The second kappa shape index (κ2) is 3.28. The van der Waals surface area contributed by atoms with Crippen LogP contribution in [0.4, 0.5) is 8.78 Å². The van der Waals surface area contributed by atoms with Crippen molar-refractivity contribution < 1.29 is 8.78 Å². The fourth-order valence-corrected chi connectivity index (χ4v) is 0.435. The second-order valence-electron chi connectivity index (χ2n) is 1.85. The first-order valence-corrected chi connectivity index (χ1v) is 2.69. The van der Waals surface area contributed by atoms with E-state index in [2.05, 4.69) is 0 Å². The van der Waals surface area contributed by atoms with Crippen molar-refractivity contribution in [3.05, 3.63) is 12.2 Å². The van der Waals surface area contributed by atoms with Gasteiger partial charge in [0, 0.05) is 0 Å². The lowest BCUT2D eigenvalue weighted by molar-refractivity contribution is 0.105. The van der Waals surface area contributed by atoms with Gasteiger partial charge in [-0.2, -0.15) is 5.26 Å². The normalized spacial score (nSPS) is 17.2. The molecule has 0 aromatic rings. The van der Waals surface area contributed by atoms with Gasteiger partial charge < -0.3 is 5.73 Å². The molecule has 2 N–H and O–H groups in total. The van der Waals surface area contributed by atoms with E-state index in [0.29, 0.717) is 0 Å². The Bertz CT molecular complexity index is 171. The van der Waals surface area contributed by atoms with Gasteiger partial charge in [0.25, 0.3) is 6.43 Å². The van der Waals surface area contributed by atoms with Gasteiger partial charge in [0.1, 0.15) is 0 Å². The highest BCUT2D eigenvalue weighted by Gasteiger charge is 2.32. The lowest BCUT2D eigenvalue weighted by atomic mass is 10.0. The van der Waals surface area contributed by atoms with Crippen molar-refractivity contribution in [1.29, 1.82) is 5.26 Å². The van der Waals surface area contributed by atoms with Gasteiger partial charge in [0.15, 0.2) is 5.54 Å². The quantitative estimate of drug-likeness (QED) is 0.592. The van der Waals surface area contributed by atoms with Crippen molar-refractivity contribution in [1.82, 2.24) is 0 Å². The average Bonchev–Trinajstić information content (AvgIpc) is 1.88. The molecule has 4 heteroatoms. The summed E-state index contributed by atoms with van der Waals surface area (Å²) in [5.41, 5.74) is 2.84. The van der Waals surface area contributed by atoms with Gasteiger partial charge >= 0.3 is 0 Å². The molecule has 0 saturated carbocycles. The average molecular weight is 146 g/mol. The van der Waals surface area contributed by atoms with E-state index in [0.717, 1.165) is 6.08 Å². The van der Waals surface area contributed by atoms with E-state index >= 15 is 0 Å². The zero-order chi connectivity index (χ0) is 8.20. The molecule has 0 radical (unpaired) electrons. The third kappa shape index (κ3) is 1.78. The van der Waals surface area contributed by atoms with Crippen LogP contribution in [0, 0.1) is 11.3 Å². The highest BCUT2D eigenvalue weighted by Crippen LogP contribution is 2.12. The van der Waals surface area contributed by atoms with Crippen LogP contribution in [0.5, 0.6) is 0 Å². The molecule has 56 valence electrons. The molecule has 10 heavy (non-hydrogen) atoms. The Balaban J connectivity index is 4.43. The van der Waals surface area contributed by atoms with Gasteiger partial charge in [-0.05, 0) is 13.0 Å². The first kappa shape index (κ1) is 9.05. The molecule has 0 aliphatic carbocycles. The third-order valence-corrected chi connectivity index (χ3v) is 0.997. The Morgan fingerprint density at radius 2 is 2.20 bits per heavy atom. The maximum absolute atomic E-state index is 11.9. The molecule has 0 aromatic carbocycles. The van der Waals surface area contributed by atoms with Crippen LogP contribution >= 0.6 is 0 Å². The standard InChI is InChI=1S/C6H8F2N2/c1-2-3-6(10,4-9)5(7)8/h2-3,5H,10H2,1H3. The number of nitrogens with two attached hydrogens (primary N) is 1. The topological polar surface area (TPSA) is 49.8 Å². The van der Waals surface area contributed by atoms with Crippen molar-refractivity contribution in [3.8, 4) is 6.07 Å². The summed E-state index contributed by atoms with van der Waals surface area (Å²) < 4.78 is 23.7. The van der Waals surface area contributed by atoms with Gasteiger partial charge in [0.05, 0.1) is 6.07 Å². The number of nitriles is 1. The SMILES string of the molecule is CC=CC(N)(C#N)C(F)F. The van der Waals surface area contributed by atoms with E-state index in [1.165, 1.54) is 19.1 Å². The Hall–Kier alpha value is -0.950. The van der Waals surface area contributed by atoms with Gasteiger partial charge in [-0.25, -0.2) is 8.78 Å². The molecule has 0 spiro atoms. The minimum Gasteiger partial charge on any atom is -0.305 e. The van der Waals surface area contributed by atoms with E-state index in [-0.39, 0.29) is 0 Å². The molecule has 1 unspecified atom stereocenters. The molecule has 1 atom stereocenters. The molecule has 0 saturated heterocycles. The Morgan fingerprint density at radius 1 is 1.70 bits per heavy atom. The van der Waals surface area contributed by atoms with E-state index in [4.69, 9.17) is 11.0 Å². The third-order valence-electron chi connectivity index (χ3n) is 0.997. The summed E-state index contributed by atoms with van der Waals surface area (Å²) in [7, 11) is 0. The van der Waals surface area contributed by atoms with Crippen LogP contribution in [-0.2, 0) is 0 Å². The van der Waals surface area contributed by atoms with Crippen molar-refractivity contribution in [2.75, 3.05) is 0 Å². The first-order chi connectivity index (χ1) is 4.56. The van der Waals surface area contributed by atoms with E-state index < -0.39 is 12.0 Å². The summed E-state index contributed by atoms with van der Waals surface area (Å²) in [5.74, 6) is 0. The Labute approximate surface area is 57.9 Å². The number of rotatable bonds is 2. The van der Waals surface area contributed by atoms with Gasteiger partial charge in [-0.15, -0.1) is 0 Å². The van der Waals surface area contributed by atoms with Crippen LogP contribution in [0.1, 0.15) is 6.92 Å². The summed E-state index contributed by atoms with van der Waals surface area (Å²) in [5, 5.41) is 8.18. The molecule has 0 fully saturated rings. The van der Waals surface area contributed by atoms with Gasteiger partial charge in [-0.3, -0.25) is 0 Å². The van der Waals surface area contributed by atoms with Crippen LogP contribution in [0.3, 0.4) is 0 Å². The molecule has 0 amide bonds. The monoisotopic (exact) mass is 146 g/mol. The molecular weight excluding hydrogens is 138 g/mol. The number of allylic oxidation sites excluding steroid dienone is 1. The van der Waals surface area contributed by atoms with Gasteiger partial charge in [-0.1, -0.05) is 6.08 Å². The van der Waals surface area contributed by atoms with Crippen molar-refractivity contribution >= 4 is 0 Å². The fourth-order valence-electron chi connectivity index (χ4n) is 0.435. The predicted octanol–water partition coefficient (Wildman–Crippen LogP) is 1.05. The van der Waals surface area contributed by atoms with Crippen molar-refractivity contribution in [2.45, 2.75) is 18.9 Å². The van der Waals surface area contributed by atoms with Crippen LogP contribution in [-0.4, -0.2) is 12.0 Å². The smallest absolute Gasteiger partial charge is 0.273 e. The summed E-state index contributed by atoms with van der Waals surface area (Å²) in [6.45, 7) is 1.53. The van der Waals surface area contributed by atoms with E-state index in [1.807, 2.05) is 0 Å². The molecular formula is C6H8F2N2. The molecule has 0 aliphatic rings. The number of hydrogen-bond donors (Lipinski definition) is 1. The number of nitrogens with zero attached hydrogens (tertiary/aromatic N) is 1. The van der Waals surface area contributed by atoms with E-state index in [1.54, 1.807) is 0 Å². The molecule has 2 nitrogen and oxygen atoms in total. The zero-order valence-electron chi connectivity index (χ0n) is 5.51. The maximum atomic E-state index is 11.9. The largest absolute Gasteiger partial charge is 0.305 e. The van der Waals surface area contributed by atoms with E-state index in [9.17, 15) is 8.78 Å².